The van der Waals surface area contributed by atoms with E-state index in [1.165, 1.54) is 0 Å². The number of nitrogens with one attached hydrogen (secondary N) is 2. The summed E-state index contributed by atoms with van der Waals surface area (Å²) in [5, 5.41) is 15.4. The van der Waals surface area contributed by atoms with E-state index < -0.39 is 0 Å². The van der Waals surface area contributed by atoms with Gasteiger partial charge < -0.3 is 15.7 Å². The van der Waals surface area contributed by atoms with Crippen LogP contribution in [0.4, 0.5) is 11.6 Å². The van der Waals surface area contributed by atoms with E-state index in [1.54, 1.807) is 0 Å². The van der Waals surface area contributed by atoms with Crippen molar-refractivity contribution in [2.24, 2.45) is 0 Å². The molecular weight excluding hydrogens is 240 g/mol. The normalized spacial score (nSPS) is 12.3. The summed E-state index contributed by atoms with van der Waals surface area (Å²) in [4.78, 5) is 9.10. The summed E-state index contributed by atoms with van der Waals surface area (Å²) in [6, 6.07) is 0.292. The van der Waals surface area contributed by atoms with Crippen molar-refractivity contribution in [3.05, 3.63) is 11.4 Å². The molecule has 0 aliphatic rings. The molecule has 5 nitrogen and oxygen atoms in total. The molecule has 1 atom stereocenters. The zero-order valence-electron chi connectivity index (χ0n) is 12.5. The topological polar surface area (TPSA) is 70.1 Å². The number of rotatable bonds is 8. The van der Waals surface area contributed by atoms with Crippen molar-refractivity contribution >= 4 is 11.6 Å². The van der Waals surface area contributed by atoms with E-state index in [2.05, 4.69) is 34.4 Å². The molecule has 0 fully saturated rings. The first-order chi connectivity index (χ1) is 9.12. The fourth-order valence-electron chi connectivity index (χ4n) is 1.99. The van der Waals surface area contributed by atoms with Gasteiger partial charge in [-0.1, -0.05) is 6.92 Å². The number of hydrogen-bond donors (Lipinski definition) is 3. The number of hydrogen-bond acceptors (Lipinski definition) is 5. The lowest BCUT2D eigenvalue weighted by atomic mass is 10.2. The highest BCUT2D eigenvalue weighted by Gasteiger charge is 2.11. The smallest absolute Gasteiger partial charge is 0.134 e. The van der Waals surface area contributed by atoms with E-state index in [0.717, 1.165) is 48.7 Å². The van der Waals surface area contributed by atoms with Crippen LogP contribution in [0.25, 0.3) is 0 Å². The van der Waals surface area contributed by atoms with Gasteiger partial charge >= 0.3 is 0 Å². The molecule has 0 aromatic carbocycles. The van der Waals surface area contributed by atoms with Crippen molar-refractivity contribution in [3.63, 3.8) is 0 Å². The molecule has 1 rings (SSSR count). The van der Waals surface area contributed by atoms with Crippen LogP contribution in [0.1, 0.15) is 44.5 Å². The lowest BCUT2D eigenvalue weighted by molar-refractivity contribution is 0.282. The number of aliphatic hydroxyl groups excluding tert-OH is 1. The molecule has 0 amide bonds. The molecule has 1 heterocycles. The Morgan fingerprint density at radius 2 is 1.95 bits per heavy atom. The summed E-state index contributed by atoms with van der Waals surface area (Å²) < 4.78 is 0. The van der Waals surface area contributed by atoms with Gasteiger partial charge in [-0.25, -0.2) is 9.97 Å². The summed E-state index contributed by atoms with van der Waals surface area (Å²) >= 11 is 0. The quantitative estimate of drug-likeness (QED) is 0.674. The van der Waals surface area contributed by atoms with Gasteiger partial charge in [-0.2, -0.15) is 0 Å². The minimum absolute atomic E-state index is 0.234. The summed E-state index contributed by atoms with van der Waals surface area (Å²) in [5.41, 5.74) is 1.04. The van der Waals surface area contributed by atoms with Crippen LogP contribution in [0.2, 0.25) is 0 Å². The molecular formula is C14H26N4O. The van der Waals surface area contributed by atoms with Gasteiger partial charge in [0.05, 0.1) is 0 Å². The lowest BCUT2D eigenvalue weighted by Crippen LogP contribution is -2.19. The van der Waals surface area contributed by atoms with E-state index in [9.17, 15) is 0 Å². The van der Waals surface area contributed by atoms with Crippen LogP contribution >= 0.6 is 0 Å². The van der Waals surface area contributed by atoms with Gasteiger partial charge in [-0.05, 0) is 33.1 Å². The lowest BCUT2D eigenvalue weighted by Gasteiger charge is -2.18. The predicted octanol–water partition coefficient (Wildman–Crippen LogP) is 2.35. The van der Waals surface area contributed by atoms with Gasteiger partial charge in [0, 0.05) is 31.7 Å². The fourth-order valence-corrected chi connectivity index (χ4v) is 1.99. The maximum Gasteiger partial charge on any atom is 0.134 e. The highest BCUT2D eigenvalue weighted by molar-refractivity contribution is 5.57. The predicted molar refractivity (Wildman–Crippen MR) is 79.7 cm³/mol. The molecule has 0 spiro atoms. The molecule has 1 unspecified atom stereocenters. The number of aromatic nitrogens is 2. The third kappa shape index (κ3) is 4.67. The van der Waals surface area contributed by atoms with E-state index in [0.29, 0.717) is 6.04 Å². The SMILES string of the molecule is CCCc1nc(NC)c(C)c(NC(C)CCCO)n1. The first-order valence-electron chi connectivity index (χ1n) is 7.05. The van der Waals surface area contributed by atoms with Crippen molar-refractivity contribution in [2.75, 3.05) is 24.3 Å². The fraction of sp³-hybridized carbons (Fsp3) is 0.714. The van der Waals surface area contributed by atoms with Crippen LogP contribution in [-0.2, 0) is 6.42 Å². The second-order valence-electron chi connectivity index (χ2n) is 4.87. The maximum absolute atomic E-state index is 8.87. The zero-order chi connectivity index (χ0) is 14.3. The van der Waals surface area contributed by atoms with Gasteiger partial charge in [0.2, 0.25) is 0 Å². The highest BCUT2D eigenvalue weighted by Crippen LogP contribution is 2.21. The van der Waals surface area contributed by atoms with Gasteiger partial charge in [-0.3, -0.25) is 0 Å². The Morgan fingerprint density at radius 1 is 1.26 bits per heavy atom. The van der Waals surface area contributed by atoms with E-state index in [4.69, 9.17) is 5.11 Å². The molecule has 108 valence electrons. The van der Waals surface area contributed by atoms with E-state index in [-0.39, 0.29) is 6.61 Å². The van der Waals surface area contributed by atoms with Crippen LogP contribution in [-0.4, -0.2) is 34.8 Å². The van der Waals surface area contributed by atoms with Crippen LogP contribution in [0.15, 0.2) is 0 Å². The van der Waals surface area contributed by atoms with Gasteiger partial charge in [0.25, 0.3) is 0 Å². The Kier molecular flexibility index (Phi) is 6.56. The number of aliphatic hydroxyl groups is 1. The van der Waals surface area contributed by atoms with E-state index in [1.807, 2.05) is 14.0 Å². The zero-order valence-corrected chi connectivity index (χ0v) is 12.5. The average molecular weight is 266 g/mol. The summed E-state index contributed by atoms with van der Waals surface area (Å²) in [6.07, 6.45) is 3.65. The largest absolute Gasteiger partial charge is 0.396 e. The Morgan fingerprint density at radius 3 is 2.53 bits per heavy atom. The first kappa shape index (κ1) is 15.7. The second-order valence-corrected chi connectivity index (χ2v) is 4.87. The van der Waals surface area contributed by atoms with Crippen LogP contribution in [0, 0.1) is 6.92 Å². The Hall–Kier alpha value is -1.36. The Balaban J connectivity index is 2.88. The molecule has 19 heavy (non-hydrogen) atoms. The third-order valence-corrected chi connectivity index (χ3v) is 3.08. The molecule has 1 aromatic rings. The number of nitrogens with zero attached hydrogens (tertiary/aromatic N) is 2. The summed E-state index contributed by atoms with van der Waals surface area (Å²) in [7, 11) is 1.88. The minimum Gasteiger partial charge on any atom is -0.396 e. The molecule has 0 aliphatic carbocycles. The number of aryl methyl sites for hydroxylation is 1. The molecule has 0 saturated carbocycles. The average Bonchev–Trinajstić information content (AvgIpc) is 2.40. The van der Waals surface area contributed by atoms with Crippen molar-refractivity contribution in [3.8, 4) is 0 Å². The van der Waals surface area contributed by atoms with Crippen LogP contribution in [0.3, 0.4) is 0 Å². The molecule has 0 saturated heterocycles. The maximum atomic E-state index is 8.87. The van der Waals surface area contributed by atoms with Crippen LogP contribution in [0.5, 0.6) is 0 Å². The van der Waals surface area contributed by atoms with Crippen molar-refractivity contribution < 1.29 is 5.11 Å². The monoisotopic (exact) mass is 266 g/mol. The Labute approximate surface area is 115 Å². The highest BCUT2D eigenvalue weighted by atomic mass is 16.2. The van der Waals surface area contributed by atoms with Crippen molar-refractivity contribution in [1.29, 1.82) is 0 Å². The van der Waals surface area contributed by atoms with Gasteiger partial charge in [0.1, 0.15) is 17.5 Å². The second kappa shape index (κ2) is 7.94. The van der Waals surface area contributed by atoms with Gasteiger partial charge in [0.15, 0.2) is 0 Å². The number of anilines is 2. The standard InChI is InChI=1S/C14H26N4O/c1-5-7-12-17-13(15-4)11(3)14(18-12)16-10(2)8-6-9-19/h10,19H,5-9H2,1-4H3,(H2,15,16,17,18). The third-order valence-electron chi connectivity index (χ3n) is 3.08. The van der Waals surface area contributed by atoms with Crippen LogP contribution < -0.4 is 10.6 Å². The van der Waals surface area contributed by atoms with E-state index >= 15 is 0 Å². The van der Waals surface area contributed by atoms with Crippen molar-refractivity contribution in [2.45, 2.75) is 52.5 Å². The minimum atomic E-state index is 0.234. The van der Waals surface area contributed by atoms with Gasteiger partial charge in [-0.15, -0.1) is 0 Å². The molecule has 0 radical (unpaired) electrons. The molecule has 1 aromatic heterocycles. The summed E-state index contributed by atoms with van der Waals surface area (Å²) in [6.45, 7) is 6.48. The molecule has 0 bridgehead atoms. The summed E-state index contributed by atoms with van der Waals surface area (Å²) in [5.74, 6) is 2.65. The molecule has 3 N–H and O–H groups in total. The molecule has 0 aliphatic heterocycles. The first-order valence-corrected chi connectivity index (χ1v) is 7.05. The molecule has 5 heteroatoms. The van der Waals surface area contributed by atoms with Crippen molar-refractivity contribution in [1.82, 2.24) is 9.97 Å². The Bertz CT molecular complexity index is 395.